The maximum absolute atomic E-state index is 12.5. The largest absolute Gasteiger partial charge is 0.476 e. The minimum Gasteiger partial charge on any atom is -0.476 e. The molecule has 0 unspecified atom stereocenters. The van der Waals surface area contributed by atoms with E-state index in [0.717, 1.165) is 44.2 Å². The number of ether oxygens (including phenoxy) is 1. The van der Waals surface area contributed by atoms with Gasteiger partial charge in [0.2, 0.25) is 5.88 Å². The Hall–Kier alpha value is -1.30. The summed E-state index contributed by atoms with van der Waals surface area (Å²) in [5, 5.41) is 6.64. The summed E-state index contributed by atoms with van der Waals surface area (Å²) >= 11 is 0. The number of piperidine rings is 1. The number of hydrogen-bond donors (Lipinski definition) is 2. The molecule has 1 saturated carbocycles. The molecule has 2 fully saturated rings. The third-order valence-corrected chi connectivity index (χ3v) is 5.64. The highest BCUT2D eigenvalue weighted by Gasteiger charge is 2.30. The standard InChI is InChI=1S/C20H30F3N5O.HI/c1-24-19(27-16-8-11-28(12-9-16)17-4-2-3-5-17)25-10-13-29-18-7-6-15(14-26-18)20(21,22)23;/h6-7,14,16-17H,2-5,8-13H2,1H3,(H2,24,25,27);1H. The Labute approximate surface area is 193 Å². The number of likely N-dealkylation sites (tertiary alicyclic amines) is 1. The molecule has 2 heterocycles. The number of aliphatic imine (C=N–C) groups is 1. The van der Waals surface area contributed by atoms with Crippen molar-refractivity contribution in [2.75, 3.05) is 33.3 Å². The van der Waals surface area contributed by atoms with Crippen molar-refractivity contribution < 1.29 is 17.9 Å². The molecule has 1 aliphatic heterocycles. The zero-order valence-corrected chi connectivity index (χ0v) is 19.6. The molecule has 0 spiro atoms. The van der Waals surface area contributed by atoms with Crippen LogP contribution < -0.4 is 15.4 Å². The topological polar surface area (TPSA) is 61.8 Å². The predicted molar refractivity (Wildman–Crippen MR) is 121 cm³/mol. The van der Waals surface area contributed by atoms with Crippen LogP contribution in [0, 0.1) is 0 Å². The van der Waals surface area contributed by atoms with Gasteiger partial charge in [-0.3, -0.25) is 4.99 Å². The second-order valence-electron chi connectivity index (χ2n) is 7.62. The summed E-state index contributed by atoms with van der Waals surface area (Å²) in [6.07, 6.45) is 4.00. The van der Waals surface area contributed by atoms with Crippen molar-refractivity contribution >= 4 is 29.9 Å². The second kappa shape index (κ2) is 11.9. The molecule has 1 aromatic heterocycles. The smallest absolute Gasteiger partial charge is 0.417 e. The van der Waals surface area contributed by atoms with Crippen molar-refractivity contribution in [2.24, 2.45) is 4.99 Å². The molecular formula is C20H31F3IN5O. The summed E-state index contributed by atoms with van der Waals surface area (Å²) in [4.78, 5) is 10.6. The molecule has 2 N–H and O–H groups in total. The summed E-state index contributed by atoms with van der Waals surface area (Å²) in [5.74, 6) is 0.885. The van der Waals surface area contributed by atoms with Gasteiger partial charge in [0.1, 0.15) is 6.61 Å². The number of nitrogens with one attached hydrogen (secondary N) is 2. The van der Waals surface area contributed by atoms with Crippen LogP contribution in [-0.2, 0) is 6.18 Å². The lowest BCUT2D eigenvalue weighted by atomic mass is 10.0. The Balaban J connectivity index is 0.00000320. The molecule has 0 atom stereocenters. The molecule has 10 heteroatoms. The van der Waals surface area contributed by atoms with Gasteiger partial charge in [0.05, 0.1) is 12.1 Å². The summed E-state index contributed by atoms with van der Waals surface area (Å²) < 4.78 is 43.0. The van der Waals surface area contributed by atoms with Crippen molar-refractivity contribution in [2.45, 2.75) is 56.8 Å². The Bertz CT molecular complexity index is 657. The van der Waals surface area contributed by atoms with Crippen LogP contribution in [0.2, 0.25) is 0 Å². The molecular weight excluding hydrogens is 510 g/mol. The van der Waals surface area contributed by atoms with Crippen LogP contribution in [0.3, 0.4) is 0 Å². The zero-order chi connectivity index (χ0) is 20.7. The van der Waals surface area contributed by atoms with E-state index in [2.05, 4.69) is 25.5 Å². The van der Waals surface area contributed by atoms with Gasteiger partial charge < -0.3 is 20.3 Å². The average molecular weight is 541 g/mol. The number of halogens is 4. The number of aromatic nitrogens is 1. The van der Waals surface area contributed by atoms with E-state index in [0.29, 0.717) is 18.5 Å². The Morgan fingerprint density at radius 3 is 2.47 bits per heavy atom. The molecule has 0 amide bonds. The van der Waals surface area contributed by atoms with Crippen molar-refractivity contribution in [3.63, 3.8) is 0 Å². The first-order chi connectivity index (χ1) is 14.0. The quantitative estimate of drug-likeness (QED) is 0.249. The SMILES string of the molecule is CN=C(NCCOc1ccc(C(F)(F)F)cn1)NC1CCN(C2CCCC2)CC1.I. The highest BCUT2D eigenvalue weighted by Crippen LogP contribution is 2.29. The Morgan fingerprint density at radius 1 is 1.20 bits per heavy atom. The highest BCUT2D eigenvalue weighted by molar-refractivity contribution is 14.0. The number of alkyl halides is 3. The van der Waals surface area contributed by atoms with Crippen LogP contribution in [-0.4, -0.2) is 61.2 Å². The van der Waals surface area contributed by atoms with Gasteiger partial charge in [0, 0.05) is 44.5 Å². The van der Waals surface area contributed by atoms with Gasteiger partial charge in [-0.15, -0.1) is 24.0 Å². The Kier molecular flexibility index (Phi) is 9.92. The van der Waals surface area contributed by atoms with Crippen molar-refractivity contribution in [1.29, 1.82) is 0 Å². The molecule has 0 aromatic carbocycles. The summed E-state index contributed by atoms with van der Waals surface area (Å²) in [7, 11) is 1.72. The summed E-state index contributed by atoms with van der Waals surface area (Å²) in [6.45, 7) is 3.01. The summed E-state index contributed by atoms with van der Waals surface area (Å²) in [6, 6.07) is 3.38. The van der Waals surface area contributed by atoms with Gasteiger partial charge in [-0.2, -0.15) is 13.2 Å². The van der Waals surface area contributed by atoms with Crippen LogP contribution in [0.5, 0.6) is 5.88 Å². The first-order valence-corrected chi connectivity index (χ1v) is 10.3. The normalized spacial score (nSPS) is 19.4. The summed E-state index contributed by atoms with van der Waals surface area (Å²) in [5.41, 5.74) is -0.786. The Morgan fingerprint density at radius 2 is 1.90 bits per heavy atom. The number of nitrogens with zero attached hydrogens (tertiary/aromatic N) is 3. The van der Waals surface area contributed by atoms with Crippen molar-refractivity contribution in [3.05, 3.63) is 23.9 Å². The van der Waals surface area contributed by atoms with Crippen LogP contribution >= 0.6 is 24.0 Å². The van der Waals surface area contributed by atoms with Gasteiger partial charge in [-0.05, 0) is 31.7 Å². The molecule has 1 saturated heterocycles. The third kappa shape index (κ3) is 7.44. The van der Waals surface area contributed by atoms with Gasteiger partial charge in [0.25, 0.3) is 0 Å². The van der Waals surface area contributed by atoms with E-state index in [9.17, 15) is 13.2 Å². The van der Waals surface area contributed by atoms with Crippen LogP contribution in [0.15, 0.2) is 23.3 Å². The van der Waals surface area contributed by atoms with Gasteiger partial charge >= 0.3 is 6.18 Å². The minimum atomic E-state index is -4.39. The number of rotatable bonds is 6. The molecule has 30 heavy (non-hydrogen) atoms. The van der Waals surface area contributed by atoms with Gasteiger partial charge in [-0.25, -0.2) is 4.98 Å². The third-order valence-electron chi connectivity index (χ3n) is 5.64. The fourth-order valence-corrected chi connectivity index (χ4v) is 4.02. The fourth-order valence-electron chi connectivity index (χ4n) is 4.02. The monoisotopic (exact) mass is 541 g/mol. The molecule has 170 valence electrons. The van der Waals surface area contributed by atoms with Crippen LogP contribution in [0.1, 0.15) is 44.1 Å². The van der Waals surface area contributed by atoms with E-state index in [4.69, 9.17) is 4.74 Å². The zero-order valence-electron chi connectivity index (χ0n) is 17.2. The van der Waals surface area contributed by atoms with Gasteiger partial charge in [-0.1, -0.05) is 12.8 Å². The van der Waals surface area contributed by atoms with Crippen molar-refractivity contribution in [3.8, 4) is 5.88 Å². The maximum Gasteiger partial charge on any atom is 0.417 e. The van der Waals surface area contributed by atoms with E-state index < -0.39 is 11.7 Å². The first kappa shape index (κ1) is 25.0. The number of guanidine groups is 1. The fraction of sp³-hybridized carbons (Fsp3) is 0.700. The van der Waals surface area contributed by atoms with Gasteiger partial charge in [0.15, 0.2) is 5.96 Å². The molecule has 0 radical (unpaired) electrons. The van der Waals surface area contributed by atoms with Crippen LogP contribution in [0.25, 0.3) is 0 Å². The molecule has 1 aromatic rings. The maximum atomic E-state index is 12.5. The lowest BCUT2D eigenvalue weighted by molar-refractivity contribution is -0.137. The molecule has 3 rings (SSSR count). The minimum absolute atomic E-state index is 0. The van der Waals surface area contributed by atoms with E-state index >= 15 is 0 Å². The molecule has 6 nitrogen and oxygen atoms in total. The molecule has 2 aliphatic rings. The number of pyridine rings is 1. The molecule has 0 bridgehead atoms. The van der Waals surface area contributed by atoms with E-state index in [1.165, 1.54) is 31.7 Å². The lowest BCUT2D eigenvalue weighted by Crippen LogP contribution is -2.50. The first-order valence-electron chi connectivity index (χ1n) is 10.3. The van der Waals surface area contributed by atoms with E-state index in [1.807, 2.05) is 0 Å². The molecule has 1 aliphatic carbocycles. The number of hydrogen-bond acceptors (Lipinski definition) is 4. The van der Waals surface area contributed by atoms with Crippen LogP contribution in [0.4, 0.5) is 13.2 Å². The second-order valence-corrected chi connectivity index (χ2v) is 7.62. The van der Waals surface area contributed by atoms with Crippen molar-refractivity contribution in [1.82, 2.24) is 20.5 Å². The average Bonchev–Trinajstić information content (AvgIpc) is 3.25. The predicted octanol–water partition coefficient (Wildman–Crippen LogP) is 3.67. The van der Waals surface area contributed by atoms with E-state index in [-0.39, 0.29) is 36.5 Å². The lowest BCUT2D eigenvalue weighted by Gasteiger charge is -2.36. The highest BCUT2D eigenvalue weighted by atomic mass is 127. The van der Waals surface area contributed by atoms with E-state index in [1.54, 1.807) is 7.05 Å².